The monoisotopic (exact) mass is 267 g/mol. The Bertz CT molecular complexity index is 406. The molecular formula is C14H21NO2S. The Hall–Kier alpha value is -0.870. The maximum atomic E-state index is 10.8. The highest BCUT2D eigenvalue weighted by Crippen LogP contribution is 2.28. The van der Waals surface area contributed by atoms with Crippen LogP contribution in [0.5, 0.6) is 0 Å². The van der Waals surface area contributed by atoms with Crippen molar-refractivity contribution in [1.29, 1.82) is 0 Å². The van der Waals surface area contributed by atoms with E-state index in [1.807, 2.05) is 6.07 Å². The van der Waals surface area contributed by atoms with Crippen LogP contribution in [0.15, 0.2) is 12.1 Å². The summed E-state index contributed by atoms with van der Waals surface area (Å²) in [4.78, 5) is 12.3. The van der Waals surface area contributed by atoms with E-state index in [9.17, 15) is 4.79 Å². The number of hydrogen-bond donors (Lipinski definition) is 2. The number of hydrogen-bond acceptors (Lipinski definition) is 3. The molecule has 0 spiro atoms. The van der Waals surface area contributed by atoms with E-state index < -0.39 is 5.97 Å². The molecule has 1 aliphatic rings. The summed E-state index contributed by atoms with van der Waals surface area (Å²) in [6.45, 7) is 5.43. The van der Waals surface area contributed by atoms with Gasteiger partial charge in [-0.15, -0.1) is 11.3 Å². The SMILES string of the molecule is CC1CC(C)CC(NCc2ccc(C(=O)O)s2)C1. The van der Waals surface area contributed by atoms with E-state index in [1.165, 1.54) is 30.6 Å². The van der Waals surface area contributed by atoms with Gasteiger partial charge in [0.1, 0.15) is 4.88 Å². The molecule has 0 aromatic carbocycles. The average molecular weight is 267 g/mol. The summed E-state index contributed by atoms with van der Waals surface area (Å²) in [5.41, 5.74) is 0. The smallest absolute Gasteiger partial charge is 0.345 e. The summed E-state index contributed by atoms with van der Waals surface area (Å²) in [6, 6.07) is 4.19. The fraction of sp³-hybridized carbons (Fsp3) is 0.643. The molecule has 100 valence electrons. The molecule has 2 N–H and O–H groups in total. The highest BCUT2D eigenvalue weighted by atomic mass is 32.1. The van der Waals surface area contributed by atoms with E-state index in [1.54, 1.807) is 6.07 Å². The van der Waals surface area contributed by atoms with E-state index >= 15 is 0 Å². The van der Waals surface area contributed by atoms with Gasteiger partial charge in [-0.05, 0) is 43.2 Å². The zero-order valence-electron chi connectivity index (χ0n) is 11.0. The Morgan fingerprint density at radius 3 is 2.56 bits per heavy atom. The average Bonchev–Trinajstić information content (AvgIpc) is 2.73. The predicted molar refractivity (Wildman–Crippen MR) is 74.1 cm³/mol. The zero-order chi connectivity index (χ0) is 13.1. The molecule has 3 nitrogen and oxygen atoms in total. The van der Waals surface area contributed by atoms with Crippen LogP contribution in [0.25, 0.3) is 0 Å². The van der Waals surface area contributed by atoms with Gasteiger partial charge in [0.25, 0.3) is 0 Å². The van der Waals surface area contributed by atoms with Crippen LogP contribution in [-0.4, -0.2) is 17.1 Å². The molecule has 0 radical (unpaired) electrons. The van der Waals surface area contributed by atoms with Crippen molar-refractivity contribution in [2.45, 2.75) is 45.7 Å². The van der Waals surface area contributed by atoms with Crippen molar-refractivity contribution in [2.24, 2.45) is 11.8 Å². The van der Waals surface area contributed by atoms with Crippen molar-refractivity contribution in [3.05, 3.63) is 21.9 Å². The summed E-state index contributed by atoms with van der Waals surface area (Å²) < 4.78 is 0. The minimum atomic E-state index is -0.828. The molecule has 1 aromatic heterocycles. The number of thiophene rings is 1. The molecule has 2 unspecified atom stereocenters. The normalized spacial score (nSPS) is 28.2. The molecule has 1 fully saturated rings. The molecule has 0 saturated heterocycles. The number of aromatic carboxylic acids is 1. The van der Waals surface area contributed by atoms with Gasteiger partial charge in [-0.3, -0.25) is 0 Å². The second kappa shape index (κ2) is 5.85. The molecule has 1 heterocycles. The highest BCUT2D eigenvalue weighted by Gasteiger charge is 2.23. The van der Waals surface area contributed by atoms with Gasteiger partial charge in [-0.1, -0.05) is 13.8 Å². The van der Waals surface area contributed by atoms with E-state index in [-0.39, 0.29) is 0 Å². The van der Waals surface area contributed by atoms with E-state index in [2.05, 4.69) is 19.2 Å². The maximum Gasteiger partial charge on any atom is 0.345 e. The minimum Gasteiger partial charge on any atom is -0.477 e. The van der Waals surface area contributed by atoms with Crippen molar-refractivity contribution in [1.82, 2.24) is 5.32 Å². The van der Waals surface area contributed by atoms with Crippen molar-refractivity contribution in [3.63, 3.8) is 0 Å². The molecule has 2 atom stereocenters. The Balaban J connectivity index is 1.85. The molecule has 4 heteroatoms. The maximum absolute atomic E-state index is 10.8. The molecule has 1 aromatic rings. The second-order valence-corrected chi connectivity index (χ2v) is 6.73. The first kappa shape index (κ1) is 13.6. The minimum absolute atomic E-state index is 0.428. The third kappa shape index (κ3) is 3.56. The lowest BCUT2D eigenvalue weighted by molar-refractivity contribution is 0.0702. The van der Waals surface area contributed by atoms with Gasteiger partial charge < -0.3 is 10.4 Å². The largest absolute Gasteiger partial charge is 0.477 e. The highest BCUT2D eigenvalue weighted by molar-refractivity contribution is 7.13. The summed E-state index contributed by atoms with van der Waals surface area (Å²) in [5, 5.41) is 12.4. The first-order valence-electron chi connectivity index (χ1n) is 6.60. The summed E-state index contributed by atoms with van der Waals surface area (Å²) >= 11 is 1.37. The predicted octanol–water partition coefficient (Wildman–Crippen LogP) is 3.36. The van der Waals surface area contributed by atoms with Crippen LogP contribution in [0.3, 0.4) is 0 Å². The molecule has 1 aliphatic carbocycles. The Morgan fingerprint density at radius 2 is 2.00 bits per heavy atom. The van der Waals surface area contributed by atoms with Crippen LogP contribution >= 0.6 is 11.3 Å². The molecule has 1 saturated carbocycles. The van der Waals surface area contributed by atoms with Gasteiger partial charge in [0.15, 0.2) is 0 Å². The fourth-order valence-corrected chi connectivity index (χ4v) is 3.74. The van der Waals surface area contributed by atoms with Crippen molar-refractivity contribution in [2.75, 3.05) is 0 Å². The Labute approximate surface area is 112 Å². The van der Waals surface area contributed by atoms with Crippen LogP contribution in [0.2, 0.25) is 0 Å². The fourth-order valence-electron chi connectivity index (χ4n) is 2.95. The van der Waals surface area contributed by atoms with Gasteiger partial charge in [-0.2, -0.15) is 0 Å². The number of rotatable bonds is 4. The van der Waals surface area contributed by atoms with Crippen molar-refractivity contribution in [3.8, 4) is 0 Å². The lowest BCUT2D eigenvalue weighted by Crippen LogP contribution is -2.35. The van der Waals surface area contributed by atoms with Gasteiger partial charge >= 0.3 is 5.97 Å². The zero-order valence-corrected chi connectivity index (χ0v) is 11.8. The first-order chi connectivity index (χ1) is 8.54. The van der Waals surface area contributed by atoms with E-state index in [0.29, 0.717) is 10.9 Å². The number of carbonyl (C=O) groups is 1. The molecule has 0 aliphatic heterocycles. The van der Waals surface area contributed by atoms with Crippen LogP contribution in [0.1, 0.15) is 47.7 Å². The summed E-state index contributed by atoms with van der Waals surface area (Å²) in [7, 11) is 0. The third-order valence-electron chi connectivity index (χ3n) is 3.62. The van der Waals surface area contributed by atoms with Crippen molar-refractivity contribution >= 4 is 17.3 Å². The Morgan fingerprint density at radius 1 is 1.33 bits per heavy atom. The molecular weight excluding hydrogens is 246 g/mol. The Kier molecular flexibility index (Phi) is 4.40. The molecule has 18 heavy (non-hydrogen) atoms. The van der Waals surface area contributed by atoms with Gasteiger partial charge in [-0.25, -0.2) is 4.79 Å². The van der Waals surface area contributed by atoms with Gasteiger partial charge in [0.2, 0.25) is 0 Å². The molecule has 2 rings (SSSR count). The first-order valence-corrected chi connectivity index (χ1v) is 7.41. The topological polar surface area (TPSA) is 49.3 Å². The summed E-state index contributed by atoms with van der Waals surface area (Å²) in [5.74, 6) is 0.763. The lowest BCUT2D eigenvalue weighted by atomic mass is 9.80. The number of nitrogens with one attached hydrogen (secondary N) is 1. The molecule has 0 bridgehead atoms. The second-order valence-electron chi connectivity index (χ2n) is 5.57. The summed E-state index contributed by atoms with van der Waals surface area (Å²) in [6.07, 6.45) is 3.81. The van der Waals surface area contributed by atoms with E-state index in [0.717, 1.165) is 23.3 Å². The van der Waals surface area contributed by atoms with Gasteiger partial charge in [0, 0.05) is 17.5 Å². The van der Waals surface area contributed by atoms with E-state index in [4.69, 9.17) is 5.11 Å². The van der Waals surface area contributed by atoms with Crippen LogP contribution < -0.4 is 5.32 Å². The van der Waals surface area contributed by atoms with Crippen molar-refractivity contribution < 1.29 is 9.90 Å². The lowest BCUT2D eigenvalue weighted by Gasteiger charge is -2.32. The molecule has 0 amide bonds. The number of carboxylic acids is 1. The standard InChI is InChI=1S/C14H21NO2S/c1-9-5-10(2)7-11(6-9)15-8-12-3-4-13(18-12)14(16)17/h3-4,9-11,15H,5-8H2,1-2H3,(H,16,17). The quantitative estimate of drug-likeness (QED) is 0.879. The van der Waals surface area contributed by atoms with Gasteiger partial charge in [0.05, 0.1) is 0 Å². The van der Waals surface area contributed by atoms with Crippen LogP contribution in [0, 0.1) is 11.8 Å². The van der Waals surface area contributed by atoms with Crippen LogP contribution in [0.4, 0.5) is 0 Å². The third-order valence-corrected chi connectivity index (χ3v) is 4.69. The van der Waals surface area contributed by atoms with Crippen LogP contribution in [-0.2, 0) is 6.54 Å². The number of carboxylic acid groups (broad SMARTS) is 1.